The Labute approximate surface area is 129 Å². The van der Waals surface area contributed by atoms with Crippen LogP contribution in [0.3, 0.4) is 0 Å². The van der Waals surface area contributed by atoms with Crippen LogP contribution in [0.15, 0.2) is 18.2 Å². The SMILES string of the molecule is CN1CC(Oc2ccc(C(CC(=O)O)C3CC3)cc2Cl)C1. The molecule has 3 rings (SSSR count). The highest BCUT2D eigenvalue weighted by Crippen LogP contribution is 2.45. The maximum absolute atomic E-state index is 11.0. The Morgan fingerprint density at radius 1 is 1.48 bits per heavy atom. The number of ether oxygens (including phenoxy) is 1. The monoisotopic (exact) mass is 309 g/mol. The second kappa shape index (κ2) is 5.85. The molecule has 1 aliphatic carbocycles. The zero-order valence-electron chi connectivity index (χ0n) is 12.1. The highest BCUT2D eigenvalue weighted by atomic mass is 35.5. The molecule has 0 spiro atoms. The first-order chi connectivity index (χ1) is 10.0. The summed E-state index contributed by atoms with van der Waals surface area (Å²) in [7, 11) is 2.05. The minimum Gasteiger partial charge on any atom is -0.486 e. The number of rotatable bonds is 6. The smallest absolute Gasteiger partial charge is 0.303 e. The van der Waals surface area contributed by atoms with Crippen molar-refractivity contribution >= 4 is 17.6 Å². The van der Waals surface area contributed by atoms with Gasteiger partial charge in [0.1, 0.15) is 11.9 Å². The molecule has 0 amide bonds. The number of hydrogen-bond donors (Lipinski definition) is 1. The van der Waals surface area contributed by atoms with E-state index in [4.69, 9.17) is 21.4 Å². The Kier molecular flexibility index (Phi) is 4.09. The maximum Gasteiger partial charge on any atom is 0.303 e. The van der Waals surface area contributed by atoms with Crippen molar-refractivity contribution in [1.29, 1.82) is 0 Å². The lowest BCUT2D eigenvalue weighted by Crippen LogP contribution is -2.51. The maximum atomic E-state index is 11.0. The number of carboxylic acids is 1. The van der Waals surface area contributed by atoms with Gasteiger partial charge in [0.05, 0.1) is 11.4 Å². The minimum atomic E-state index is -0.749. The van der Waals surface area contributed by atoms with Gasteiger partial charge in [-0.05, 0) is 49.4 Å². The molecule has 2 fully saturated rings. The number of benzene rings is 1. The van der Waals surface area contributed by atoms with Crippen molar-refractivity contribution in [2.45, 2.75) is 31.3 Å². The lowest BCUT2D eigenvalue weighted by Gasteiger charge is -2.36. The molecule has 1 aliphatic heterocycles. The van der Waals surface area contributed by atoms with E-state index in [-0.39, 0.29) is 18.4 Å². The fraction of sp³-hybridized carbons (Fsp3) is 0.562. The first-order valence-electron chi connectivity index (χ1n) is 7.39. The lowest BCUT2D eigenvalue weighted by atomic mass is 9.91. The number of hydrogen-bond acceptors (Lipinski definition) is 3. The van der Waals surface area contributed by atoms with Gasteiger partial charge in [0.25, 0.3) is 0 Å². The number of likely N-dealkylation sites (tertiary alicyclic amines) is 1. The minimum absolute atomic E-state index is 0.0730. The van der Waals surface area contributed by atoms with E-state index in [9.17, 15) is 4.79 Å². The Balaban J connectivity index is 1.71. The molecule has 114 valence electrons. The number of nitrogens with zero attached hydrogens (tertiary/aromatic N) is 1. The molecular formula is C16H20ClNO3. The molecule has 21 heavy (non-hydrogen) atoms. The van der Waals surface area contributed by atoms with E-state index in [2.05, 4.69) is 11.9 Å². The van der Waals surface area contributed by atoms with Gasteiger partial charge in [-0.2, -0.15) is 0 Å². The molecule has 1 heterocycles. The van der Waals surface area contributed by atoms with Crippen LogP contribution >= 0.6 is 11.6 Å². The van der Waals surface area contributed by atoms with E-state index in [0.717, 1.165) is 31.5 Å². The summed E-state index contributed by atoms with van der Waals surface area (Å²) >= 11 is 6.31. The van der Waals surface area contributed by atoms with Gasteiger partial charge in [-0.1, -0.05) is 17.7 Å². The van der Waals surface area contributed by atoms with Crippen LogP contribution in [-0.2, 0) is 4.79 Å². The van der Waals surface area contributed by atoms with E-state index in [1.54, 1.807) is 0 Å². The molecule has 0 aromatic heterocycles. The van der Waals surface area contributed by atoms with Gasteiger partial charge in [-0.25, -0.2) is 0 Å². The summed E-state index contributed by atoms with van der Waals surface area (Å²) in [6.45, 7) is 1.84. The van der Waals surface area contributed by atoms with Crippen molar-refractivity contribution in [2.24, 2.45) is 5.92 Å². The number of aliphatic carboxylic acids is 1. The molecule has 0 bridgehead atoms. The van der Waals surface area contributed by atoms with Gasteiger partial charge in [-0.15, -0.1) is 0 Å². The van der Waals surface area contributed by atoms with E-state index < -0.39 is 5.97 Å². The van der Waals surface area contributed by atoms with Crippen LogP contribution in [-0.4, -0.2) is 42.2 Å². The molecule has 1 atom stereocenters. The number of carboxylic acid groups (broad SMARTS) is 1. The number of likely N-dealkylation sites (N-methyl/N-ethyl adjacent to an activating group) is 1. The summed E-state index contributed by atoms with van der Waals surface area (Å²) in [6, 6.07) is 5.73. The fourth-order valence-corrected chi connectivity index (χ4v) is 3.22. The standard InChI is InChI=1S/C16H20ClNO3/c1-18-8-12(9-18)21-15-5-4-11(6-14(15)17)13(7-16(19)20)10-2-3-10/h4-6,10,12-13H,2-3,7-9H2,1H3,(H,19,20). The van der Waals surface area contributed by atoms with Crippen molar-refractivity contribution in [2.75, 3.05) is 20.1 Å². The Morgan fingerprint density at radius 3 is 2.71 bits per heavy atom. The molecule has 2 aliphatic rings. The van der Waals surface area contributed by atoms with Gasteiger partial charge in [0.2, 0.25) is 0 Å². The third kappa shape index (κ3) is 3.50. The zero-order chi connectivity index (χ0) is 15.0. The average molecular weight is 310 g/mol. The molecule has 1 aromatic carbocycles. The molecule has 4 nitrogen and oxygen atoms in total. The molecule has 5 heteroatoms. The van der Waals surface area contributed by atoms with Crippen molar-refractivity contribution in [3.8, 4) is 5.75 Å². The Hall–Kier alpha value is -1.26. The summed E-state index contributed by atoms with van der Waals surface area (Å²) in [6.07, 6.45) is 2.61. The summed E-state index contributed by atoms with van der Waals surface area (Å²) in [4.78, 5) is 13.2. The van der Waals surface area contributed by atoms with Gasteiger partial charge >= 0.3 is 5.97 Å². The topological polar surface area (TPSA) is 49.8 Å². The quantitative estimate of drug-likeness (QED) is 0.877. The van der Waals surface area contributed by atoms with Gasteiger partial charge in [0.15, 0.2) is 0 Å². The Morgan fingerprint density at radius 2 is 2.19 bits per heavy atom. The molecule has 0 radical (unpaired) electrons. The molecule has 1 saturated heterocycles. The molecule has 1 N–H and O–H groups in total. The number of halogens is 1. The largest absolute Gasteiger partial charge is 0.486 e. The zero-order valence-corrected chi connectivity index (χ0v) is 12.8. The molecule has 1 unspecified atom stereocenters. The third-order valence-corrected chi connectivity index (χ3v) is 4.59. The predicted octanol–water partition coefficient (Wildman–Crippen LogP) is 3.00. The molecule has 1 aromatic rings. The van der Waals surface area contributed by atoms with Crippen LogP contribution in [0.2, 0.25) is 5.02 Å². The van der Waals surface area contributed by atoms with Crippen LogP contribution in [0.1, 0.15) is 30.7 Å². The first-order valence-corrected chi connectivity index (χ1v) is 7.77. The van der Waals surface area contributed by atoms with E-state index in [0.29, 0.717) is 16.7 Å². The van der Waals surface area contributed by atoms with Crippen LogP contribution in [0.25, 0.3) is 0 Å². The average Bonchev–Trinajstić information content (AvgIpc) is 3.20. The summed E-state index contributed by atoms with van der Waals surface area (Å²) in [5.41, 5.74) is 1.02. The summed E-state index contributed by atoms with van der Waals surface area (Å²) < 4.78 is 5.85. The number of carbonyl (C=O) groups is 1. The molecule has 1 saturated carbocycles. The first kappa shape index (κ1) is 14.7. The van der Waals surface area contributed by atoms with E-state index >= 15 is 0 Å². The van der Waals surface area contributed by atoms with Crippen LogP contribution in [0, 0.1) is 5.92 Å². The predicted molar refractivity (Wildman–Crippen MR) is 81.1 cm³/mol. The summed E-state index contributed by atoms with van der Waals surface area (Å²) in [5.74, 6) is 0.511. The lowest BCUT2D eigenvalue weighted by molar-refractivity contribution is -0.137. The van der Waals surface area contributed by atoms with Crippen molar-refractivity contribution in [3.63, 3.8) is 0 Å². The van der Waals surface area contributed by atoms with Gasteiger partial charge in [0, 0.05) is 13.1 Å². The van der Waals surface area contributed by atoms with Crippen LogP contribution in [0.5, 0.6) is 5.75 Å². The fourth-order valence-electron chi connectivity index (χ4n) is 2.98. The molecular weight excluding hydrogens is 290 g/mol. The summed E-state index contributed by atoms with van der Waals surface area (Å²) in [5, 5.41) is 9.65. The highest BCUT2D eigenvalue weighted by molar-refractivity contribution is 6.32. The van der Waals surface area contributed by atoms with Crippen LogP contribution < -0.4 is 4.74 Å². The van der Waals surface area contributed by atoms with Crippen molar-refractivity contribution in [3.05, 3.63) is 28.8 Å². The van der Waals surface area contributed by atoms with Gasteiger partial charge < -0.3 is 9.84 Å². The van der Waals surface area contributed by atoms with Crippen LogP contribution in [0.4, 0.5) is 0 Å². The van der Waals surface area contributed by atoms with E-state index in [1.807, 2.05) is 18.2 Å². The Bertz CT molecular complexity index is 538. The highest BCUT2D eigenvalue weighted by Gasteiger charge is 2.34. The van der Waals surface area contributed by atoms with E-state index in [1.165, 1.54) is 0 Å². The van der Waals surface area contributed by atoms with Crippen molar-refractivity contribution < 1.29 is 14.6 Å². The van der Waals surface area contributed by atoms with Crippen molar-refractivity contribution in [1.82, 2.24) is 4.90 Å². The second-order valence-electron chi connectivity index (χ2n) is 6.19. The second-order valence-corrected chi connectivity index (χ2v) is 6.60. The van der Waals surface area contributed by atoms with Gasteiger partial charge in [-0.3, -0.25) is 9.69 Å². The normalized spacial score (nSPS) is 20.9. The third-order valence-electron chi connectivity index (χ3n) is 4.29.